The third kappa shape index (κ3) is 3.93. The van der Waals surface area contributed by atoms with E-state index in [0.29, 0.717) is 0 Å². The van der Waals surface area contributed by atoms with Crippen molar-refractivity contribution < 1.29 is 14.3 Å². The van der Waals surface area contributed by atoms with Gasteiger partial charge < -0.3 is 5.11 Å². The minimum atomic E-state index is -0.683. The van der Waals surface area contributed by atoms with Gasteiger partial charge in [-0.3, -0.25) is 4.79 Å². The predicted molar refractivity (Wildman–Crippen MR) is 107 cm³/mol. The van der Waals surface area contributed by atoms with E-state index < -0.39 is 11.4 Å². The van der Waals surface area contributed by atoms with Crippen molar-refractivity contribution in [1.29, 1.82) is 0 Å². The first-order valence-corrected chi connectivity index (χ1v) is 11.0. The molecule has 2 fully saturated rings. The van der Waals surface area contributed by atoms with Crippen LogP contribution in [0.25, 0.3) is 0 Å². The molecule has 2 aliphatic carbocycles. The Balaban J connectivity index is 1.91. The van der Waals surface area contributed by atoms with Crippen LogP contribution in [0.4, 0.5) is 4.39 Å². The highest BCUT2D eigenvalue weighted by Gasteiger charge is 2.57. The molecule has 3 heteroatoms. The van der Waals surface area contributed by atoms with Crippen molar-refractivity contribution >= 4 is 5.97 Å². The molecule has 0 unspecified atom stereocenters. The summed E-state index contributed by atoms with van der Waals surface area (Å²) in [4.78, 5) is 12.6. The molecule has 2 nitrogen and oxygen atoms in total. The second-order valence-corrected chi connectivity index (χ2v) is 8.98. The van der Waals surface area contributed by atoms with Gasteiger partial charge >= 0.3 is 5.97 Å². The molecule has 1 aromatic carbocycles. The Kier molecular flexibility index (Phi) is 6.60. The highest BCUT2D eigenvalue weighted by molar-refractivity contribution is 5.77. The smallest absolute Gasteiger partial charge is 0.310 e. The van der Waals surface area contributed by atoms with E-state index in [9.17, 15) is 14.3 Å². The number of carboxylic acids is 1. The quantitative estimate of drug-likeness (QED) is 0.529. The second kappa shape index (κ2) is 8.75. The van der Waals surface area contributed by atoms with Gasteiger partial charge in [-0.2, -0.15) is 0 Å². The molecule has 1 aromatic rings. The van der Waals surface area contributed by atoms with Crippen LogP contribution in [0, 0.1) is 17.2 Å². The lowest BCUT2D eigenvalue weighted by Crippen LogP contribution is -2.53. The van der Waals surface area contributed by atoms with Crippen molar-refractivity contribution in [1.82, 2.24) is 0 Å². The molecule has 0 bridgehead atoms. The van der Waals surface area contributed by atoms with Crippen molar-refractivity contribution in [3.05, 3.63) is 35.6 Å². The Bertz CT molecular complexity index is 608. The number of halogens is 1. The van der Waals surface area contributed by atoms with Crippen LogP contribution in [-0.4, -0.2) is 11.1 Å². The molecule has 1 N–H and O–H groups in total. The van der Waals surface area contributed by atoms with Gasteiger partial charge in [0.25, 0.3) is 0 Å². The number of unbranched alkanes of at least 4 members (excludes halogenated alkanes) is 2. The lowest BCUT2D eigenvalue weighted by molar-refractivity contribution is -0.159. The fourth-order valence-electron chi connectivity index (χ4n) is 6.01. The number of carboxylic acid groups (broad SMARTS) is 1. The third-order valence-corrected chi connectivity index (χ3v) is 7.60. The molecule has 0 aromatic heterocycles. The summed E-state index contributed by atoms with van der Waals surface area (Å²) >= 11 is 0. The van der Waals surface area contributed by atoms with Gasteiger partial charge in [-0.15, -0.1) is 0 Å². The number of carbonyl (C=O) groups is 1. The highest BCUT2D eigenvalue weighted by atomic mass is 19.1. The molecule has 3 rings (SSSR count). The normalized spacial score (nSPS) is 28.0. The Morgan fingerprint density at radius 2 is 1.67 bits per heavy atom. The van der Waals surface area contributed by atoms with Gasteiger partial charge in [0.05, 0.1) is 5.41 Å². The molecule has 2 saturated carbocycles. The summed E-state index contributed by atoms with van der Waals surface area (Å²) < 4.78 is 13.6. The van der Waals surface area contributed by atoms with Gasteiger partial charge in [0.2, 0.25) is 0 Å². The zero-order valence-electron chi connectivity index (χ0n) is 16.8. The number of hydrogen-bond acceptors (Lipinski definition) is 1. The molecule has 0 aliphatic heterocycles. The van der Waals surface area contributed by atoms with E-state index in [1.54, 1.807) is 0 Å². The zero-order valence-corrected chi connectivity index (χ0v) is 16.8. The summed E-state index contributed by atoms with van der Waals surface area (Å²) in [5, 5.41) is 10.4. The Morgan fingerprint density at radius 3 is 2.22 bits per heavy atom. The molecule has 0 heterocycles. The average Bonchev–Trinajstić information content (AvgIpc) is 2.70. The van der Waals surface area contributed by atoms with E-state index in [4.69, 9.17) is 0 Å². The summed E-state index contributed by atoms with van der Waals surface area (Å²) in [5.41, 5.74) is 0.0336. The van der Waals surface area contributed by atoms with E-state index in [1.807, 2.05) is 12.1 Å². The van der Waals surface area contributed by atoms with Crippen molar-refractivity contribution in [2.75, 3.05) is 0 Å². The third-order valence-electron chi connectivity index (χ3n) is 7.60. The van der Waals surface area contributed by atoms with E-state index >= 15 is 0 Å². The minimum absolute atomic E-state index is 0.241. The summed E-state index contributed by atoms with van der Waals surface area (Å²) in [7, 11) is 0. The first kappa shape index (κ1) is 20.4. The summed E-state index contributed by atoms with van der Waals surface area (Å²) in [5.74, 6) is -0.148. The van der Waals surface area contributed by atoms with E-state index in [0.717, 1.165) is 69.3 Å². The molecule has 0 spiro atoms. The number of hydrogen-bond donors (Lipinski definition) is 1. The number of aliphatic carboxylic acids is 1. The van der Waals surface area contributed by atoms with Crippen molar-refractivity contribution in [3.8, 4) is 0 Å². The van der Waals surface area contributed by atoms with Gasteiger partial charge in [-0.25, -0.2) is 4.39 Å². The van der Waals surface area contributed by atoms with E-state index in [-0.39, 0.29) is 11.2 Å². The van der Waals surface area contributed by atoms with Gasteiger partial charge in [0.15, 0.2) is 0 Å². The fourth-order valence-corrected chi connectivity index (χ4v) is 6.01. The maximum Gasteiger partial charge on any atom is 0.310 e. The van der Waals surface area contributed by atoms with Crippen LogP contribution < -0.4 is 0 Å². The van der Waals surface area contributed by atoms with E-state index in [1.165, 1.54) is 37.8 Å². The average molecular weight is 375 g/mol. The maximum atomic E-state index is 13.6. The monoisotopic (exact) mass is 374 g/mol. The molecule has 0 radical (unpaired) electrons. The van der Waals surface area contributed by atoms with Gasteiger partial charge in [0, 0.05) is 5.41 Å². The summed E-state index contributed by atoms with van der Waals surface area (Å²) in [6, 6.07) is 6.77. The van der Waals surface area contributed by atoms with Crippen molar-refractivity contribution in [2.24, 2.45) is 11.3 Å². The van der Waals surface area contributed by atoms with Crippen molar-refractivity contribution in [2.45, 2.75) is 95.8 Å². The topological polar surface area (TPSA) is 37.3 Å². The minimum Gasteiger partial charge on any atom is -0.481 e. The molecule has 27 heavy (non-hydrogen) atoms. The van der Waals surface area contributed by atoms with Crippen LogP contribution in [0.2, 0.25) is 0 Å². The Morgan fingerprint density at radius 1 is 1.04 bits per heavy atom. The zero-order chi connectivity index (χ0) is 19.3. The highest BCUT2D eigenvalue weighted by Crippen LogP contribution is 2.59. The number of rotatable bonds is 7. The molecule has 0 saturated heterocycles. The van der Waals surface area contributed by atoms with Crippen LogP contribution in [0.15, 0.2) is 24.3 Å². The molecule has 0 amide bonds. The second-order valence-electron chi connectivity index (χ2n) is 8.98. The van der Waals surface area contributed by atoms with Gasteiger partial charge in [-0.05, 0) is 62.1 Å². The maximum absolute atomic E-state index is 13.6. The Hall–Kier alpha value is -1.38. The van der Waals surface area contributed by atoms with Gasteiger partial charge in [-0.1, -0.05) is 64.0 Å². The van der Waals surface area contributed by atoms with Crippen molar-refractivity contribution in [3.63, 3.8) is 0 Å². The molecule has 0 atom stereocenters. The first-order valence-electron chi connectivity index (χ1n) is 11.0. The first-order chi connectivity index (χ1) is 13.0. The molecular weight excluding hydrogens is 339 g/mol. The summed E-state index contributed by atoms with van der Waals surface area (Å²) in [6.45, 7) is 2.24. The van der Waals surface area contributed by atoms with Crippen LogP contribution in [0.5, 0.6) is 0 Å². The van der Waals surface area contributed by atoms with Crippen LogP contribution in [0.3, 0.4) is 0 Å². The fraction of sp³-hybridized carbons (Fsp3) is 0.708. The SMILES string of the molecule is CCCCCC1CCC(c2ccc(F)cc2)(C2(C(=O)O)CCCCC2)CC1. The molecular formula is C24H35FO2. The predicted octanol–water partition coefficient (Wildman–Crippen LogP) is 6.87. The number of benzene rings is 1. The van der Waals surface area contributed by atoms with Gasteiger partial charge in [0.1, 0.15) is 5.82 Å². The summed E-state index contributed by atoms with van der Waals surface area (Å²) in [6.07, 6.45) is 13.8. The largest absolute Gasteiger partial charge is 0.481 e. The lowest BCUT2D eigenvalue weighted by Gasteiger charge is -2.53. The standard InChI is InChI=1S/C24H35FO2/c1-2-3-5-8-19-13-17-23(18-14-19,20-9-11-21(25)12-10-20)24(22(26)27)15-6-4-7-16-24/h9-12,19H,2-8,13-18H2,1H3,(H,26,27). The van der Waals surface area contributed by atoms with Crippen LogP contribution >= 0.6 is 0 Å². The van der Waals surface area contributed by atoms with Crippen LogP contribution in [-0.2, 0) is 10.2 Å². The molecule has 2 aliphatic rings. The van der Waals surface area contributed by atoms with E-state index in [2.05, 4.69) is 6.92 Å². The Labute approximate surface area is 163 Å². The lowest BCUT2D eigenvalue weighted by atomic mass is 9.49. The molecule has 150 valence electrons. The van der Waals surface area contributed by atoms with Crippen LogP contribution in [0.1, 0.15) is 96.0 Å².